The van der Waals surface area contributed by atoms with Crippen molar-refractivity contribution in [1.82, 2.24) is 15.1 Å². The molecule has 4 heterocycles. The Kier molecular flexibility index (Phi) is 6.43. The first kappa shape index (κ1) is 21.1. The topological polar surface area (TPSA) is 89.8 Å². The first-order chi connectivity index (χ1) is 15.8. The highest BCUT2D eigenvalue weighted by atomic mass is 16.5. The molecule has 170 valence electrons. The molecule has 8 heteroatoms. The third kappa shape index (κ3) is 4.82. The summed E-state index contributed by atoms with van der Waals surface area (Å²) < 4.78 is 11.4. The van der Waals surface area contributed by atoms with E-state index in [4.69, 9.17) is 9.15 Å². The number of furan rings is 1. The van der Waals surface area contributed by atoms with Gasteiger partial charge in [-0.25, -0.2) is 0 Å². The number of aromatic nitrogens is 2. The van der Waals surface area contributed by atoms with E-state index in [1.165, 1.54) is 24.8 Å². The number of aromatic amines is 1. The first-order valence-electron chi connectivity index (χ1n) is 11.5. The Morgan fingerprint density at radius 2 is 1.91 bits per heavy atom. The molecule has 2 aromatic heterocycles. The van der Waals surface area contributed by atoms with Gasteiger partial charge in [-0.1, -0.05) is 6.07 Å². The average molecular weight is 438 g/mol. The van der Waals surface area contributed by atoms with Crippen molar-refractivity contribution < 1.29 is 14.3 Å². The van der Waals surface area contributed by atoms with Crippen LogP contribution < -0.4 is 10.2 Å². The maximum Gasteiger partial charge on any atom is 0.184 e. The number of aliphatic hydroxyl groups excluding tert-OH is 1. The predicted octanol–water partition coefficient (Wildman–Crippen LogP) is 3.60. The van der Waals surface area contributed by atoms with Crippen LogP contribution in [0.15, 0.2) is 47.1 Å². The molecule has 1 unspecified atom stereocenters. The van der Waals surface area contributed by atoms with Crippen LogP contribution in [0.25, 0.3) is 11.3 Å². The van der Waals surface area contributed by atoms with Gasteiger partial charge in [0.25, 0.3) is 0 Å². The van der Waals surface area contributed by atoms with Crippen LogP contribution >= 0.6 is 0 Å². The third-order valence-electron chi connectivity index (χ3n) is 6.24. The fraction of sp³-hybridized carbons (Fsp3) is 0.458. The summed E-state index contributed by atoms with van der Waals surface area (Å²) in [6.07, 6.45) is 6.19. The predicted molar refractivity (Wildman–Crippen MR) is 123 cm³/mol. The molecule has 2 aliphatic rings. The van der Waals surface area contributed by atoms with Gasteiger partial charge in [-0.2, -0.15) is 5.10 Å². The van der Waals surface area contributed by atoms with Gasteiger partial charge in [-0.05, 0) is 49.1 Å². The van der Waals surface area contributed by atoms with E-state index in [0.717, 1.165) is 62.9 Å². The SMILES string of the molecule is OC(Nc1ccc(CN2CCOCC2)cc1N1CCCCC1)c1ccc(-c2cn[nH]c2)o1. The summed E-state index contributed by atoms with van der Waals surface area (Å²) in [6.45, 7) is 6.53. The van der Waals surface area contributed by atoms with Crippen LogP contribution in [0, 0.1) is 0 Å². The molecule has 0 radical (unpaired) electrons. The molecule has 2 fully saturated rings. The number of hydrogen-bond donors (Lipinski definition) is 3. The lowest BCUT2D eigenvalue weighted by atomic mass is 10.1. The molecule has 3 aromatic rings. The molecule has 5 rings (SSSR count). The maximum absolute atomic E-state index is 10.9. The van der Waals surface area contributed by atoms with E-state index < -0.39 is 6.23 Å². The number of aliphatic hydroxyl groups is 1. The quantitative estimate of drug-likeness (QED) is 0.487. The van der Waals surface area contributed by atoms with Crippen molar-refractivity contribution >= 4 is 11.4 Å². The van der Waals surface area contributed by atoms with Crippen LogP contribution in [0.5, 0.6) is 0 Å². The highest BCUT2D eigenvalue weighted by Gasteiger charge is 2.20. The number of hydrogen-bond acceptors (Lipinski definition) is 7. The monoisotopic (exact) mass is 437 g/mol. The Bertz CT molecular complexity index is 991. The average Bonchev–Trinajstić information content (AvgIpc) is 3.54. The molecule has 0 amide bonds. The number of morpholine rings is 1. The molecule has 2 saturated heterocycles. The Morgan fingerprint density at radius 1 is 1.06 bits per heavy atom. The number of rotatable bonds is 7. The highest BCUT2D eigenvalue weighted by molar-refractivity contribution is 5.71. The van der Waals surface area contributed by atoms with Crippen molar-refractivity contribution in [3.05, 3.63) is 54.0 Å². The summed E-state index contributed by atoms with van der Waals surface area (Å²) in [4.78, 5) is 4.86. The van der Waals surface area contributed by atoms with E-state index in [-0.39, 0.29) is 0 Å². The third-order valence-corrected chi connectivity index (χ3v) is 6.24. The van der Waals surface area contributed by atoms with Gasteiger partial charge in [0, 0.05) is 38.9 Å². The summed E-state index contributed by atoms with van der Waals surface area (Å²) in [5, 5.41) is 20.9. The zero-order valence-corrected chi connectivity index (χ0v) is 18.3. The second-order valence-corrected chi connectivity index (χ2v) is 8.52. The van der Waals surface area contributed by atoms with E-state index >= 15 is 0 Å². The summed E-state index contributed by atoms with van der Waals surface area (Å²) in [7, 11) is 0. The Labute approximate surface area is 188 Å². The van der Waals surface area contributed by atoms with E-state index in [2.05, 4.69) is 43.5 Å². The first-order valence-corrected chi connectivity index (χ1v) is 11.5. The molecule has 2 aliphatic heterocycles. The van der Waals surface area contributed by atoms with Crippen LogP contribution in [-0.2, 0) is 11.3 Å². The van der Waals surface area contributed by atoms with E-state index in [1.807, 2.05) is 6.07 Å². The lowest BCUT2D eigenvalue weighted by Crippen LogP contribution is -2.35. The van der Waals surface area contributed by atoms with Gasteiger partial charge in [-0.3, -0.25) is 10.00 Å². The van der Waals surface area contributed by atoms with Gasteiger partial charge in [0.05, 0.1) is 36.3 Å². The van der Waals surface area contributed by atoms with Crippen molar-refractivity contribution in [1.29, 1.82) is 0 Å². The van der Waals surface area contributed by atoms with Crippen molar-refractivity contribution in [3.63, 3.8) is 0 Å². The number of nitrogens with one attached hydrogen (secondary N) is 2. The largest absolute Gasteiger partial charge is 0.456 e. The number of ether oxygens (including phenoxy) is 1. The Hall–Kier alpha value is -2.81. The van der Waals surface area contributed by atoms with E-state index in [0.29, 0.717) is 11.5 Å². The minimum absolute atomic E-state index is 0.475. The zero-order chi connectivity index (χ0) is 21.8. The van der Waals surface area contributed by atoms with Crippen LogP contribution in [0.4, 0.5) is 11.4 Å². The van der Waals surface area contributed by atoms with Crippen LogP contribution in [0.1, 0.15) is 36.8 Å². The standard InChI is InChI=1S/C24H31N5O3/c30-24(23-7-6-22(32-23)19-15-25-26-16-19)27-20-5-4-18(17-28-10-12-31-13-11-28)14-21(20)29-8-2-1-3-9-29/h4-7,14-16,24,27,30H,1-3,8-13,17H2,(H,25,26). The lowest BCUT2D eigenvalue weighted by molar-refractivity contribution is 0.0342. The molecule has 0 saturated carbocycles. The van der Waals surface area contributed by atoms with Crippen molar-refractivity contribution in [3.8, 4) is 11.3 Å². The second kappa shape index (κ2) is 9.77. The molecule has 0 spiro atoms. The molecular weight excluding hydrogens is 406 g/mol. The second-order valence-electron chi connectivity index (χ2n) is 8.52. The molecular formula is C24H31N5O3. The van der Waals surface area contributed by atoms with Crippen LogP contribution in [0.2, 0.25) is 0 Å². The molecule has 1 aromatic carbocycles. The van der Waals surface area contributed by atoms with Crippen molar-refractivity contribution in [2.45, 2.75) is 32.0 Å². The van der Waals surface area contributed by atoms with E-state index in [1.54, 1.807) is 18.5 Å². The molecule has 1 atom stereocenters. The van der Waals surface area contributed by atoms with Gasteiger partial charge < -0.3 is 24.5 Å². The number of benzene rings is 1. The fourth-order valence-corrected chi connectivity index (χ4v) is 4.47. The molecule has 32 heavy (non-hydrogen) atoms. The molecule has 3 N–H and O–H groups in total. The van der Waals surface area contributed by atoms with Crippen LogP contribution in [0.3, 0.4) is 0 Å². The Balaban J connectivity index is 1.35. The smallest absolute Gasteiger partial charge is 0.184 e. The van der Waals surface area contributed by atoms with Crippen molar-refractivity contribution in [2.24, 2.45) is 0 Å². The fourth-order valence-electron chi connectivity index (χ4n) is 4.47. The summed E-state index contributed by atoms with van der Waals surface area (Å²) in [6, 6.07) is 10.2. The number of anilines is 2. The van der Waals surface area contributed by atoms with Crippen LogP contribution in [-0.4, -0.2) is 59.6 Å². The van der Waals surface area contributed by atoms with E-state index in [9.17, 15) is 5.11 Å². The summed E-state index contributed by atoms with van der Waals surface area (Å²) in [5.41, 5.74) is 4.21. The minimum Gasteiger partial charge on any atom is -0.456 e. The van der Waals surface area contributed by atoms with Gasteiger partial charge in [0.1, 0.15) is 5.76 Å². The lowest BCUT2D eigenvalue weighted by Gasteiger charge is -2.32. The summed E-state index contributed by atoms with van der Waals surface area (Å²) in [5.74, 6) is 1.15. The summed E-state index contributed by atoms with van der Waals surface area (Å²) >= 11 is 0. The number of nitrogens with zero attached hydrogens (tertiary/aromatic N) is 3. The minimum atomic E-state index is -0.940. The normalized spacial score (nSPS) is 18.6. The number of piperidine rings is 1. The zero-order valence-electron chi connectivity index (χ0n) is 18.3. The molecule has 0 bridgehead atoms. The maximum atomic E-state index is 10.9. The molecule has 8 nitrogen and oxygen atoms in total. The van der Waals surface area contributed by atoms with Gasteiger partial charge >= 0.3 is 0 Å². The number of H-pyrrole nitrogens is 1. The highest BCUT2D eigenvalue weighted by Crippen LogP contribution is 2.33. The van der Waals surface area contributed by atoms with Gasteiger partial charge in [-0.15, -0.1) is 0 Å². The molecule has 0 aliphatic carbocycles. The van der Waals surface area contributed by atoms with Crippen molar-refractivity contribution in [2.75, 3.05) is 49.6 Å². The van der Waals surface area contributed by atoms with Gasteiger partial charge in [0.2, 0.25) is 0 Å². The Morgan fingerprint density at radius 3 is 2.69 bits per heavy atom. The van der Waals surface area contributed by atoms with Gasteiger partial charge in [0.15, 0.2) is 12.0 Å².